The number of fused-ring (bicyclic) bond motifs is 1. The van der Waals surface area contributed by atoms with E-state index in [0.717, 1.165) is 11.1 Å². The molecule has 0 spiro atoms. The Morgan fingerprint density at radius 3 is 2.48 bits per heavy atom. The highest BCUT2D eigenvalue weighted by Gasteiger charge is 2.50. The van der Waals surface area contributed by atoms with Crippen LogP contribution in [0, 0.1) is 18.8 Å². The van der Waals surface area contributed by atoms with Gasteiger partial charge in [-0.2, -0.15) is 0 Å². The molecule has 2 aliphatic rings. The summed E-state index contributed by atoms with van der Waals surface area (Å²) < 4.78 is 0. The highest BCUT2D eigenvalue weighted by Crippen LogP contribution is 2.46. The molecular weight excluding hydrogens is 368 g/mol. The van der Waals surface area contributed by atoms with Crippen LogP contribution in [0.5, 0.6) is 0 Å². The van der Waals surface area contributed by atoms with Crippen LogP contribution in [0.15, 0.2) is 47.4 Å². The first kappa shape index (κ1) is 19.2. The van der Waals surface area contributed by atoms with E-state index in [2.05, 4.69) is 24.0 Å². The van der Waals surface area contributed by atoms with Crippen LogP contribution in [0.3, 0.4) is 0 Å². The largest absolute Gasteiger partial charge is 0.338 e. The van der Waals surface area contributed by atoms with Gasteiger partial charge in [0.15, 0.2) is 0 Å². The Bertz CT molecular complexity index is 979. The molecule has 2 aromatic rings. The zero-order chi connectivity index (χ0) is 20.7. The number of carbonyl (C=O) groups is 2. The number of hydrogen-bond acceptors (Lipinski definition) is 3. The number of hydrogen-bond donors (Lipinski definition) is 1. The number of likely N-dealkylation sites (tertiary alicyclic amines) is 2. The maximum Gasteiger partial charge on any atom is 0.320 e. The minimum Gasteiger partial charge on any atom is -0.338 e. The fourth-order valence-corrected chi connectivity index (χ4v) is 4.71. The van der Waals surface area contributed by atoms with Crippen LogP contribution in [0.1, 0.15) is 27.5 Å². The highest BCUT2D eigenvalue weighted by molar-refractivity contribution is 5.94. The molecule has 0 bridgehead atoms. The van der Waals surface area contributed by atoms with Gasteiger partial charge in [-0.15, -0.1) is 0 Å². The lowest BCUT2D eigenvalue weighted by Crippen LogP contribution is -2.42. The monoisotopic (exact) mass is 394 g/mol. The van der Waals surface area contributed by atoms with E-state index < -0.39 is 0 Å². The summed E-state index contributed by atoms with van der Waals surface area (Å²) in [5.74, 6) is 0.339. The van der Waals surface area contributed by atoms with Gasteiger partial charge in [0.25, 0.3) is 5.91 Å². The van der Waals surface area contributed by atoms with Crippen LogP contribution in [-0.2, 0) is 0 Å². The van der Waals surface area contributed by atoms with E-state index in [0.29, 0.717) is 25.2 Å². The standard InChI is InChI=1S/C22H26N4O3/c1-14-6-4-5-7-17(14)20-18-13-25(21(28)15-8-9-19(27)23-10-15)11-16(18)12-26(20)22(29)24(2)3/h4-10,16,18,20H,11-13H2,1-3H3,(H,23,27)/t16-,18-,20+/m1/s1. The van der Waals surface area contributed by atoms with E-state index in [1.165, 1.54) is 12.3 Å². The molecule has 0 radical (unpaired) electrons. The fourth-order valence-electron chi connectivity index (χ4n) is 4.71. The highest BCUT2D eigenvalue weighted by atomic mass is 16.2. The first-order chi connectivity index (χ1) is 13.9. The maximum absolute atomic E-state index is 12.9. The Morgan fingerprint density at radius 2 is 1.83 bits per heavy atom. The summed E-state index contributed by atoms with van der Waals surface area (Å²) in [4.78, 5) is 45.1. The Hall–Kier alpha value is -3.09. The van der Waals surface area contributed by atoms with E-state index >= 15 is 0 Å². The molecule has 0 aliphatic carbocycles. The molecule has 0 saturated carbocycles. The van der Waals surface area contributed by atoms with Gasteiger partial charge in [0.05, 0.1) is 11.6 Å². The van der Waals surface area contributed by atoms with Crippen LogP contribution in [-0.4, -0.2) is 65.4 Å². The van der Waals surface area contributed by atoms with Crippen molar-refractivity contribution in [1.82, 2.24) is 19.7 Å². The second-order valence-corrected chi connectivity index (χ2v) is 8.21. The quantitative estimate of drug-likeness (QED) is 0.848. The molecule has 3 amide bonds. The first-order valence-electron chi connectivity index (χ1n) is 9.88. The number of amides is 3. The molecule has 2 saturated heterocycles. The van der Waals surface area contributed by atoms with Crippen molar-refractivity contribution < 1.29 is 9.59 Å². The summed E-state index contributed by atoms with van der Waals surface area (Å²) in [6, 6.07) is 11.1. The van der Waals surface area contributed by atoms with Gasteiger partial charge >= 0.3 is 6.03 Å². The maximum atomic E-state index is 12.9. The van der Waals surface area contributed by atoms with Crippen molar-refractivity contribution in [2.75, 3.05) is 33.7 Å². The van der Waals surface area contributed by atoms with Crippen LogP contribution in [0.25, 0.3) is 0 Å². The lowest BCUT2D eigenvalue weighted by atomic mass is 9.88. The Labute approximate surface area is 169 Å². The molecule has 7 nitrogen and oxygen atoms in total. The Kier molecular flexibility index (Phi) is 4.90. The third-order valence-electron chi connectivity index (χ3n) is 6.12. The normalized spacial score (nSPS) is 23.2. The third kappa shape index (κ3) is 3.41. The minimum atomic E-state index is -0.225. The minimum absolute atomic E-state index is 0.00571. The zero-order valence-corrected chi connectivity index (χ0v) is 17.0. The van der Waals surface area contributed by atoms with Gasteiger partial charge in [-0.1, -0.05) is 24.3 Å². The zero-order valence-electron chi connectivity index (χ0n) is 17.0. The molecule has 1 aromatic carbocycles. The van der Waals surface area contributed by atoms with Crippen molar-refractivity contribution in [2.24, 2.45) is 11.8 Å². The van der Waals surface area contributed by atoms with Crippen LogP contribution in [0.4, 0.5) is 4.79 Å². The number of urea groups is 1. The molecule has 3 atom stereocenters. The summed E-state index contributed by atoms with van der Waals surface area (Å²) in [5, 5.41) is 0. The van der Waals surface area contributed by atoms with Gasteiger partial charge in [0.1, 0.15) is 0 Å². The number of aryl methyl sites for hydroxylation is 1. The van der Waals surface area contributed by atoms with Gasteiger partial charge in [0, 0.05) is 57.8 Å². The third-order valence-corrected chi connectivity index (χ3v) is 6.12. The summed E-state index contributed by atoms with van der Waals surface area (Å²) >= 11 is 0. The van der Waals surface area contributed by atoms with Gasteiger partial charge in [-0.05, 0) is 24.1 Å². The molecule has 1 aromatic heterocycles. The molecule has 2 fully saturated rings. The molecule has 3 heterocycles. The molecule has 2 aliphatic heterocycles. The van der Waals surface area contributed by atoms with Gasteiger partial charge in [-0.25, -0.2) is 4.79 Å². The number of pyridine rings is 1. The molecule has 29 heavy (non-hydrogen) atoms. The smallest absolute Gasteiger partial charge is 0.320 e. The Balaban J connectivity index is 1.63. The summed E-state index contributed by atoms with van der Waals surface area (Å²) in [7, 11) is 3.55. The SMILES string of the molecule is Cc1ccccc1[C@H]1[C@@H]2CN(C(=O)c3ccc(=O)[nH]c3)C[C@@H]2CN1C(=O)N(C)C. The summed E-state index contributed by atoms with van der Waals surface area (Å²) in [5.41, 5.74) is 2.56. The van der Waals surface area contributed by atoms with Crippen LogP contribution < -0.4 is 5.56 Å². The second kappa shape index (κ2) is 7.39. The fraction of sp³-hybridized carbons (Fsp3) is 0.409. The van der Waals surface area contributed by atoms with E-state index in [4.69, 9.17) is 0 Å². The lowest BCUT2D eigenvalue weighted by molar-refractivity contribution is 0.0766. The number of H-pyrrole nitrogens is 1. The van der Waals surface area contributed by atoms with Crippen LogP contribution in [0.2, 0.25) is 0 Å². The van der Waals surface area contributed by atoms with E-state index in [1.807, 2.05) is 21.9 Å². The number of aromatic amines is 1. The summed E-state index contributed by atoms with van der Waals surface area (Å²) in [6.45, 7) is 3.91. The van der Waals surface area contributed by atoms with E-state index in [1.54, 1.807) is 25.1 Å². The Morgan fingerprint density at radius 1 is 1.07 bits per heavy atom. The molecule has 4 rings (SSSR count). The van der Waals surface area contributed by atoms with Crippen molar-refractivity contribution >= 4 is 11.9 Å². The van der Waals surface area contributed by atoms with E-state index in [-0.39, 0.29) is 35.4 Å². The number of aromatic nitrogens is 1. The first-order valence-corrected chi connectivity index (χ1v) is 9.88. The topological polar surface area (TPSA) is 76.7 Å². The predicted octanol–water partition coefficient (Wildman–Crippen LogP) is 2.11. The van der Waals surface area contributed by atoms with E-state index in [9.17, 15) is 14.4 Å². The predicted molar refractivity (Wildman–Crippen MR) is 110 cm³/mol. The van der Waals surface area contributed by atoms with Crippen molar-refractivity contribution in [3.05, 3.63) is 69.6 Å². The summed E-state index contributed by atoms with van der Waals surface area (Å²) in [6.07, 6.45) is 1.47. The van der Waals surface area contributed by atoms with Gasteiger partial charge < -0.3 is 19.7 Å². The molecule has 152 valence electrons. The van der Waals surface area contributed by atoms with Crippen molar-refractivity contribution in [3.63, 3.8) is 0 Å². The average Bonchev–Trinajstić information content (AvgIpc) is 3.26. The van der Waals surface area contributed by atoms with Crippen molar-refractivity contribution in [3.8, 4) is 0 Å². The van der Waals surface area contributed by atoms with Gasteiger partial charge in [-0.3, -0.25) is 9.59 Å². The van der Waals surface area contributed by atoms with Crippen molar-refractivity contribution in [1.29, 1.82) is 0 Å². The lowest BCUT2D eigenvalue weighted by Gasteiger charge is -2.32. The molecule has 1 N–H and O–H groups in total. The number of benzene rings is 1. The number of rotatable bonds is 2. The van der Waals surface area contributed by atoms with Gasteiger partial charge in [0.2, 0.25) is 5.56 Å². The molecule has 0 unspecified atom stereocenters. The van der Waals surface area contributed by atoms with Crippen LogP contribution >= 0.6 is 0 Å². The molecular formula is C22H26N4O3. The number of nitrogens with one attached hydrogen (secondary N) is 1. The second-order valence-electron chi connectivity index (χ2n) is 8.21. The number of carbonyl (C=O) groups excluding carboxylic acids is 2. The van der Waals surface area contributed by atoms with Crippen molar-refractivity contribution in [2.45, 2.75) is 13.0 Å². The average molecular weight is 394 g/mol. The molecule has 7 heteroatoms. The number of nitrogens with zero attached hydrogens (tertiary/aromatic N) is 3.